The molecule has 0 aromatic carbocycles. The molecule has 0 bridgehead atoms. The molecule has 0 atom stereocenters. The third-order valence-corrected chi connectivity index (χ3v) is 4.71. The number of hydrogen-bond acceptors (Lipinski definition) is 6. The fourth-order valence-corrected chi connectivity index (χ4v) is 3.53. The highest BCUT2D eigenvalue weighted by Crippen LogP contribution is 2.29. The smallest absolute Gasteiger partial charge is 0.347 e. The van der Waals surface area contributed by atoms with Gasteiger partial charge >= 0.3 is 5.97 Å². The van der Waals surface area contributed by atoms with E-state index < -0.39 is 5.97 Å². The van der Waals surface area contributed by atoms with Crippen molar-refractivity contribution in [2.45, 2.75) is 36.9 Å². The highest BCUT2D eigenvalue weighted by molar-refractivity contribution is 8.00. The van der Waals surface area contributed by atoms with Gasteiger partial charge in [0.2, 0.25) is 0 Å². The van der Waals surface area contributed by atoms with E-state index in [2.05, 4.69) is 22.0 Å². The highest BCUT2D eigenvalue weighted by Gasteiger charge is 2.15. The first-order valence-corrected chi connectivity index (χ1v) is 7.62. The molecular weight excluding hydrogens is 284 g/mol. The summed E-state index contributed by atoms with van der Waals surface area (Å²) in [7, 11) is 0. The predicted octanol–water partition coefficient (Wildman–Crippen LogP) is 2.44. The monoisotopic (exact) mass is 298 g/mol. The van der Waals surface area contributed by atoms with Crippen molar-refractivity contribution in [3.05, 3.63) is 22.7 Å². The number of aryl methyl sites for hydroxylation is 2. The molecule has 2 heterocycles. The number of carboxylic acid groups (broad SMARTS) is 1. The second-order valence-electron chi connectivity index (χ2n) is 3.89. The van der Waals surface area contributed by atoms with Gasteiger partial charge in [-0.25, -0.2) is 19.4 Å². The number of thioether (sulfide) groups is 1. The number of aromatic carboxylic acids is 1. The highest BCUT2D eigenvalue weighted by atomic mass is 32.2. The van der Waals surface area contributed by atoms with E-state index >= 15 is 0 Å². The molecule has 0 unspecified atom stereocenters. The van der Waals surface area contributed by atoms with Gasteiger partial charge in [-0.3, -0.25) is 0 Å². The van der Waals surface area contributed by atoms with Gasteiger partial charge in [-0.2, -0.15) is 5.10 Å². The van der Waals surface area contributed by atoms with Gasteiger partial charge in [0, 0.05) is 6.54 Å². The van der Waals surface area contributed by atoms with E-state index in [4.69, 9.17) is 5.11 Å². The Morgan fingerprint density at radius 1 is 1.58 bits per heavy atom. The third kappa shape index (κ3) is 3.32. The molecule has 0 amide bonds. The van der Waals surface area contributed by atoms with E-state index in [1.165, 1.54) is 23.1 Å². The molecule has 6 nitrogen and oxygen atoms in total. The van der Waals surface area contributed by atoms with Crippen LogP contribution in [-0.2, 0) is 12.3 Å². The Kier molecular flexibility index (Phi) is 4.54. The Hall–Kier alpha value is -1.41. The lowest BCUT2D eigenvalue weighted by Crippen LogP contribution is -2.03. The van der Waals surface area contributed by atoms with E-state index in [0.29, 0.717) is 16.3 Å². The SMILES string of the molecule is CCCn1ncnc1CSc1nc(C)c(C(=O)O)s1. The van der Waals surface area contributed by atoms with Gasteiger partial charge in [0.25, 0.3) is 0 Å². The van der Waals surface area contributed by atoms with Crippen LogP contribution in [0, 0.1) is 6.92 Å². The van der Waals surface area contributed by atoms with Gasteiger partial charge in [0.15, 0.2) is 4.34 Å². The summed E-state index contributed by atoms with van der Waals surface area (Å²) in [6.07, 6.45) is 2.54. The standard InChI is InChI=1S/C11H14N4O2S2/c1-3-4-15-8(12-6-13-15)5-18-11-14-7(2)9(19-11)10(16)17/h6H,3-5H2,1-2H3,(H,16,17). The van der Waals surface area contributed by atoms with Crippen LogP contribution in [0.3, 0.4) is 0 Å². The summed E-state index contributed by atoms with van der Waals surface area (Å²) in [6.45, 7) is 4.64. The third-order valence-electron chi connectivity index (χ3n) is 2.43. The van der Waals surface area contributed by atoms with E-state index in [1.54, 1.807) is 13.3 Å². The van der Waals surface area contributed by atoms with Crippen LogP contribution in [0.1, 0.15) is 34.5 Å². The van der Waals surface area contributed by atoms with E-state index in [1.807, 2.05) is 4.68 Å². The van der Waals surface area contributed by atoms with Crippen LogP contribution >= 0.6 is 23.1 Å². The van der Waals surface area contributed by atoms with E-state index in [-0.39, 0.29) is 0 Å². The first-order valence-electron chi connectivity index (χ1n) is 5.82. The van der Waals surface area contributed by atoms with Crippen LogP contribution < -0.4 is 0 Å². The molecule has 0 fully saturated rings. The van der Waals surface area contributed by atoms with Crippen molar-refractivity contribution in [1.29, 1.82) is 0 Å². The predicted molar refractivity (Wildman–Crippen MR) is 73.7 cm³/mol. The Morgan fingerprint density at radius 2 is 2.37 bits per heavy atom. The first kappa shape index (κ1) is 14.0. The molecule has 0 saturated carbocycles. The summed E-state index contributed by atoms with van der Waals surface area (Å²) in [6, 6.07) is 0. The summed E-state index contributed by atoms with van der Waals surface area (Å²) in [5.41, 5.74) is 0.565. The topological polar surface area (TPSA) is 80.9 Å². The van der Waals surface area contributed by atoms with Gasteiger partial charge in [-0.15, -0.1) is 11.3 Å². The Labute approximate surface area is 118 Å². The molecule has 0 aliphatic heterocycles. The minimum Gasteiger partial charge on any atom is -0.477 e. The zero-order chi connectivity index (χ0) is 13.8. The molecule has 2 aromatic rings. The zero-order valence-corrected chi connectivity index (χ0v) is 12.3. The van der Waals surface area contributed by atoms with Crippen LogP contribution in [0.4, 0.5) is 0 Å². The van der Waals surface area contributed by atoms with Gasteiger partial charge in [-0.1, -0.05) is 18.7 Å². The fraction of sp³-hybridized carbons (Fsp3) is 0.455. The number of rotatable bonds is 6. The molecule has 2 rings (SSSR count). The maximum atomic E-state index is 10.9. The lowest BCUT2D eigenvalue weighted by molar-refractivity contribution is 0.0701. The van der Waals surface area contributed by atoms with Gasteiger partial charge in [0.05, 0.1) is 11.4 Å². The minimum atomic E-state index is -0.920. The van der Waals surface area contributed by atoms with Crippen molar-refractivity contribution in [1.82, 2.24) is 19.7 Å². The zero-order valence-electron chi connectivity index (χ0n) is 10.7. The molecule has 0 spiro atoms. The average molecular weight is 298 g/mol. The number of nitrogens with zero attached hydrogens (tertiary/aromatic N) is 4. The van der Waals surface area contributed by atoms with Crippen LogP contribution in [0.15, 0.2) is 10.7 Å². The molecule has 1 N–H and O–H groups in total. The van der Waals surface area contributed by atoms with Crippen LogP contribution in [0.5, 0.6) is 0 Å². The Morgan fingerprint density at radius 3 is 3.00 bits per heavy atom. The van der Waals surface area contributed by atoms with Crippen LogP contribution in [-0.4, -0.2) is 30.8 Å². The lowest BCUT2D eigenvalue weighted by atomic mass is 10.4. The van der Waals surface area contributed by atoms with E-state index in [0.717, 1.165) is 23.1 Å². The van der Waals surface area contributed by atoms with Crippen molar-refractivity contribution in [3.8, 4) is 0 Å². The molecule has 0 saturated heterocycles. The van der Waals surface area contributed by atoms with Crippen LogP contribution in [0.25, 0.3) is 0 Å². The van der Waals surface area contributed by atoms with Crippen LogP contribution in [0.2, 0.25) is 0 Å². The fourth-order valence-electron chi connectivity index (χ4n) is 1.56. The van der Waals surface area contributed by atoms with Gasteiger partial charge < -0.3 is 5.11 Å². The molecule has 2 aromatic heterocycles. The van der Waals surface area contributed by atoms with Gasteiger partial charge in [-0.05, 0) is 13.3 Å². The molecule has 8 heteroatoms. The molecule has 0 aliphatic carbocycles. The number of carbonyl (C=O) groups is 1. The maximum absolute atomic E-state index is 10.9. The number of hydrogen-bond donors (Lipinski definition) is 1. The number of carboxylic acids is 1. The maximum Gasteiger partial charge on any atom is 0.347 e. The first-order chi connectivity index (χ1) is 9.11. The molecule has 19 heavy (non-hydrogen) atoms. The Bertz CT molecular complexity index is 579. The number of thiazole rings is 1. The second-order valence-corrected chi connectivity index (χ2v) is 6.11. The van der Waals surface area contributed by atoms with Gasteiger partial charge in [0.1, 0.15) is 17.0 Å². The van der Waals surface area contributed by atoms with Crippen molar-refractivity contribution >= 4 is 29.1 Å². The van der Waals surface area contributed by atoms with Crippen molar-refractivity contribution < 1.29 is 9.90 Å². The largest absolute Gasteiger partial charge is 0.477 e. The normalized spacial score (nSPS) is 10.8. The summed E-state index contributed by atoms with van der Waals surface area (Å²) >= 11 is 2.69. The Balaban J connectivity index is 2.04. The summed E-state index contributed by atoms with van der Waals surface area (Å²) in [4.78, 5) is 19.7. The second kappa shape index (κ2) is 6.16. The quantitative estimate of drug-likeness (QED) is 0.825. The molecule has 0 aliphatic rings. The summed E-state index contributed by atoms with van der Waals surface area (Å²) in [5, 5.41) is 13.1. The van der Waals surface area contributed by atoms with Crippen molar-refractivity contribution in [2.75, 3.05) is 0 Å². The lowest BCUT2D eigenvalue weighted by Gasteiger charge is -2.02. The van der Waals surface area contributed by atoms with Crippen molar-refractivity contribution in [2.24, 2.45) is 0 Å². The molecule has 0 radical (unpaired) electrons. The van der Waals surface area contributed by atoms with E-state index in [9.17, 15) is 4.79 Å². The number of aromatic nitrogens is 4. The molecular formula is C11H14N4O2S2. The summed E-state index contributed by atoms with van der Waals surface area (Å²) in [5.74, 6) is 0.610. The summed E-state index contributed by atoms with van der Waals surface area (Å²) < 4.78 is 2.62. The minimum absolute atomic E-state index is 0.303. The average Bonchev–Trinajstić information content (AvgIpc) is 2.94. The van der Waals surface area contributed by atoms with Crippen molar-refractivity contribution in [3.63, 3.8) is 0 Å². The molecule has 102 valence electrons.